The zero-order chi connectivity index (χ0) is 15.4. The van der Waals surface area contributed by atoms with Gasteiger partial charge in [0.2, 0.25) is 0 Å². The third kappa shape index (κ3) is 3.92. The molecule has 0 atom stereocenters. The minimum Gasteiger partial charge on any atom is -0.353 e. The molecular weight excluding hydrogens is 317 g/mol. The Morgan fingerprint density at radius 2 is 1.73 bits per heavy atom. The molecule has 0 N–H and O–H groups in total. The summed E-state index contributed by atoms with van der Waals surface area (Å²) in [7, 11) is 0. The lowest BCUT2D eigenvalue weighted by Crippen LogP contribution is -2.47. The highest BCUT2D eigenvalue weighted by Crippen LogP contribution is 2.26. The van der Waals surface area contributed by atoms with E-state index in [0.29, 0.717) is 10.0 Å². The molecule has 3 rings (SSSR count). The van der Waals surface area contributed by atoms with Crippen LogP contribution < -0.4 is 4.90 Å². The standard InChI is InChI=1S/C17H19Cl2N3/c18-15-12-16(19)17(20-13-15)22-10-8-21(9-11-22)7-6-14-4-2-1-3-5-14/h1-5,12-13H,6-11H2. The number of rotatable bonds is 4. The first-order valence-electron chi connectivity index (χ1n) is 7.54. The average molecular weight is 336 g/mol. The smallest absolute Gasteiger partial charge is 0.147 e. The highest BCUT2D eigenvalue weighted by molar-refractivity contribution is 6.36. The van der Waals surface area contributed by atoms with Crippen LogP contribution in [0, 0.1) is 0 Å². The molecule has 0 unspecified atom stereocenters. The number of benzene rings is 1. The zero-order valence-electron chi connectivity index (χ0n) is 12.4. The van der Waals surface area contributed by atoms with Crippen molar-refractivity contribution in [2.75, 3.05) is 37.6 Å². The highest BCUT2D eigenvalue weighted by Gasteiger charge is 2.19. The van der Waals surface area contributed by atoms with E-state index in [2.05, 4.69) is 45.1 Å². The Balaban J connectivity index is 1.52. The second kappa shape index (κ2) is 7.32. The molecular formula is C17H19Cl2N3. The van der Waals surface area contributed by atoms with E-state index < -0.39 is 0 Å². The Kier molecular flexibility index (Phi) is 5.19. The summed E-state index contributed by atoms with van der Waals surface area (Å²) in [5.41, 5.74) is 1.40. The van der Waals surface area contributed by atoms with Crippen molar-refractivity contribution in [2.24, 2.45) is 0 Å². The van der Waals surface area contributed by atoms with Crippen molar-refractivity contribution in [3.05, 3.63) is 58.2 Å². The van der Waals surface area contributed by atoms with Crippen LogP contribution in [0.1, 0.15) is 5.56 Å². The van der Waals surface area contributed by atoms with Crippen molar-refractivity contribution in [3.63, 3.8) is 0 Å². The van der Waals surface area contributed by atoms with Gasteiger partial charge in [-0.05, 0) is 18.1 Å². The number of anilines is 1. The lowest BCUT2D eigenvalue weighted by Gasteiger charge is -2.35. The molecule has 22 heavy (non-hydrogen) atoms. The molecule has 1 aliphatic heterocycles. The largest absolute Gasteiger partial charge is 0.353 e. The van der Waals surface area contributed by atoms with Gasteiger partial charge in [0.05, 0.1) is 10.0 Å². The Labute approximate surface area is 141 Å². The van der Waals surface area contributed by atoms with E-state index in [9.17, 15) is 0 Å². The van der Waals surface area contributed by atoms with Crippen LogP contribution in [-0.4, -0.2) is 42.6 Å². The van der Waals surface area contributed by atoms with E-state index in [1.54, 1.807) is 12.3 Å². The molecule has 2 heterocycles. The van der Waals surface area contributed by atoms with Crippen LogP contribution in [0.25, 0.3) is 0 Å². The van der Waals surface area contributed by atoms with E-state index in [0.717, 1.165) is 45.0 Å². The van der Waals surface area contributed by atoms with Crippen LogP contribution in [-0.2, 0) is 6.42 Å². The van der Waals surface area contributed by atoms with Crippen LogP contribution in [0.3, 0.4) is 0 Å². The Hall–Kier alpha value is -1.29. The Morgan fingerprint density at radius 1 is 1.00 bits per heavy atom. The molecule has 1 aromatic carbocycles. The number of piperazine rings is 1. The van der Waals surface area contributed by atoms with Crippen molar-refractivity contribution in [2.45, 2.75) is 6.42 Å². The summed E-state index contributed by atoms with van der Waals surface area (Å²) < 4.78 is 0. The summed E-state index contributed by atoms with van der Waals surface area (Å²) in [6.07, 6.45) is 2.76. The fourth-order valence-electron chi connectivity index (χ4n) is 2.76. The fraction of sp³-hybridized carbons (Fsp3) is 0.353. The summed E-state index contributed by atoms with van der Waals surface area (Å²) in [6.45, 7) is 5.06. The monoisotopic (exact) mass is 335 g/mol. The number of hydrogen-bond donors (Lipinski definition) is 0. The first-order chi connectivity index (χ1) is 10.7. The van der Waals surface area contributed by atoms with Gasteiger partial charge in [-0.25, -0.2) is 4.98 Å². The molecule has 0 bridgehead atoms. The number of pyridine rings is 1. The van der Waals surface area contributed by atoms with E-state index in [4.69, 9.17) is 23.2 Å². The fourth-order valence-corrected chi connectivity index (χ4v) is 3.25. The van der Waals surface area contributed by atoms with Crippen LogP contribution in [0.15, 0.2) is 42.6 Å². The Morgan fingerprint density at radius 3 is 2.41 bits per heavy atom. The number of aromatic nitrogens is 1. The maximum absolute atomic E-state index is 6.24. The van der Waals surface area contributed by atoms with Gasteiger partial charge in [0.25, 0.3) is 0 Å². The first-order valence-corrected chi connectivity index (χ1v) is 8.30. The molecule has 2 aromatic rings. The van der Waals surface area contributed by atoms with Gasteiger partial charge in [0.15, 0.2) is 0 Å². The van der Waals surface area contributed by atoms with Crippen LogP contribution in [0.2, 0.25) is 10.0 Å². The molecule has 1 fully saturated rings. The second-order valence-corrected chi connectivity index (χ2v) is 6.37. The third-order valence-electron chi connectivity index (χ3n) is 4.02. The Bertz CT molecular complexity index is 611. The van der Waals surface area contributed by atoms with Crippen LogP contribution in [0.5, 0.6) is 0 Å². The van der Waals surface area contributed by atoms with Crippen molar-refractivity contribution in [1.29, 1.82) is 0 Å². The van der Waals surface area contributed by atoms with Gasteiger partial charge >= 0.3 is 0 Å². The molecule has 3 nitrogen and oxygen atoms in total. The third-order valence-corrected chi connectivity index (χ3v) is 4.50. The van der Waals surface area contributed by atoms with Crippen LogP contribution >= 0.6 is 23.2 Å². The average Bonchev–Trinajstić information content (AvgIpc) is 2.55. The van der Waals surface area contributed by atoms with Crippen molar-refractivity contribution in [1.82, 2.24) is 9.88 Å². The molecule has 0 saturated carbocycles. The number of hydrogen-bond acceptors (Lipinski definition) is 3. The SMILES string of the molecule is Clc1cnc(N2CCN(CCc3ccccc3)CC2)c(Cl)c1. The highest BCUT2D eigenvalue weighted by atomic mass is 35.5. The minimum absolute atomic E-state index is 0.579. The summed E-state index contributed by atoms with van der Waals surface area (Å²) in [5.74, 6) is 0.841. The lowest BCUT2D eigenvalue weighted by atomic mass is 10.1. The van der Waals surface area contributed by atoms with Gasteiger partial charge in [-0.2, -0.15) is 0 Å². The maximum atomic E-state index is 6.24. The van der Waals surface area contributed by atoms with Gasteiger partial charge in [-0.15, -0.1) is 0 Å². The van der Waals surface area contributed by atoms with Gasteiger partial charge in [0.1, 0.15) is 5.82 Å². The van der Waals surface area contributed by atoms with Crippen LogP contribution in [0.4, 0.5) is 5.82 Å². The second-order valence-electron chi connectivity index (χ2n) is 5.52. The van der Waals surface area contributed by atoms with Crippen molar-refractivity contribution in [3.8, 4) is 0 Å². The topological polar surface area (TPSA) is 19.4 Å². The molecule has 0 spiro atoms. The van der Waals surface area contributed by atoms with Crippen molar-refractivity contribution < 1.29 is 0 Å². The van der Waals surface area contributed by atoms with Gasteiger partial charge in [0, 0.05) is 38.9 Å². The summed E-state index contributed by atoms with van der Waals surface area (Å²) in [6, 6.07) is 12.4. The summed E-state index contributed by atoms with van der Waals surface area (Å²) >= 11 is 12.1. The van der Waals surface area contributed by atoms with E-state index in [1.807, 2.05) is 0 Å². The van der Waals surface area contributed by atoms with E-state index in [-0.39, 0.29) is 0 Å². The zero-order valence-corrected chi connectivity index (χ0v) is 13.9. The molecule has 0 aliphatic carbocycles. The molecule has 5 heteroatoms. The maximum Gasteiger partial charge on any atom is 0.147 e. The van der Waals surface area contributed by atoms with Crippen molar-refractivity contribution >= 4 is 29.0 Å². The molecule has 0 radical (unpaired) electrons. The normalized spacial score (nSPS) is 16.0. The number of halogens is 2. The molecule has 116 valence electrons. The molecule has 1 aliphatic rings. The quantitative estimate of drug-likeness (QED) is 0.848. The molecule has 1 aromatic heterocycles. The minimum atomic E-state index is 0.579. The van der Waals surface area contributed by atoms with Gasteiger partial charge in [-0.3, -0.25) is 4.90 Å². The lowest BCUT2D eigenvalue weighted by molar-refractivity contribution is 0.260. The first kappa shape index (κ1) is 15.6. The van der Waals surface area contributed by atoms with E-state index in [1.165, 1.54) is 5.56 Å². The summed E-state index contributed by atoms with van der Waals surface area (Å²) in [5, 5.41) is 1.21. The predicted molar refractivity (Wildman–Crippen MR) is 93.1 cm³/mol. The van der Waals surface area contributed by atoms with Gasteiger partial charge < -0.3 is 4.90 Å². The molecule has 1 saturated heterocycles. The van der Waals surface area contributed by atoms with Gasteiger partial charge in [-0.1, -0.05) is 53.5 Å². The van der Waals surface area contributed by atoms with E-state index >= 15 is 0 Å². The summed E-state index contributed by atoms with van der Waals surface area (Å²) in [4.78, 5) is 9.09. The predicted octanol–water partition coefficient (Wildman–Crippen LogP) is 3.75. The molecule has 0 amide bonds. The number of nitrogens with zero attached hydrogens (tertiary/aromatic N) is 3.